The van der Waals surface area contributed by atoms with E-state index in [-0.39, 0.29) is 0 Å². The van der Waals surface area contributed by atoms with Crippen molar-refractivity contribution < 1.29 is 0 Å². The van der Waals surface area contributed by atoms with Crippen molar-refractivity contribution >= 4 is 34.4 Å². The fraction of sp³-hybridized carbons (Fsp3) is 0.250. The van der Waals surface area contributed by atoms with Crippen molar-refractivity contribution in [2.24, 2.45) is 7.05 Å². The second-order valence-electron chi connectivity index (χ2n) is 3.41. The van der Waals surface area contributed by atoms with Gasteiger partial charge < -0.3 is 4.57 Å². The Bertz CT molecular complexity index is 494. The van der Waals surface area contributed by atoms with Gasteiger partial charge >= 0.3 is 0 Å². The predicted molar refractivity (Wildman–Crippen MR) is 77.8 cm³/mol. The van der Waals surface area contributed by atoms with E-state index >= 15 is 0 Å². The molecule has 1 aromatic heterocycles. The Morgan fingerprint density at radius 3 is 2.88 bits per heavy atom. The minimum absolute atomic E-state index is 1.04. The quantitative estimate of drug-likeness (QED) is 0.623. The second-order valence-corrected chi connectivity index (χ2v) is 5.88. The highest BCUT2D eigenvalue weighted by Crippen LogP contribution is 2.33. The number of thioether (sulfide) groups is 1. The van der Waals surface area contributed by atoms with Gasteiger partial charge in [-0.15, -0.1) is 11.8 Å². The van der Waals surface area contributed by atoms with Gasteiger partial charge in [-0.2, -0.15) is 0 Å². The van der Waals surface area contributed by atoms with E-state index in [0.29, 0.717) is 0 Å². The van der Waals surface area contributed by atoms with Crippen LogP contribution in [0.15, 0.2) is 35.5 Å². The summed E-state index contributed by atoms with van der Waals surface area (Å²) in [7, 11) is 2.03. The van der Waals surface area contributed by atoms with Crippen LogP contribution in [0.1, 0.15) is 6.92 Å². The molecule has 16 heavy (non-hydrogen) atoms. The van der Waals surface area contributed by atoms with Gasteiger partial charge in [0.2, 0.25) is 0 Å². The Balaban J connectivity index is 2.58. The Kier molecular flexibility index (Phi) is 3.91. The highest BCUT2D eigenvalue weighted by molar-refractivity contribution is 14.1. The lowest BCUT2D eigenvalue weighted by molar-refractivity contribution is 0.920. The third kappa shape index (κ3) is 2.27. The van der Waals surface area contributed by atoms with Crippen LogP contribution >= 0.6 is 34.4 Å². The van der Waals surface area contributed by atoms with Crippen LogP contribution in [-0.4, -0.2) is 15.3 Å². The number of imidazole rings is 1. The van der Waals surface area contributed by atoms with Crippen LogP contribution in [0.3, 0.4) is 0 Å². The normalized spacial score (nSPS) is 10.7. The average molecular weight is 344 g/mol. The van der Waals surface area contributed by atoms with Gasteiger partial charge in [-0.3, -0.25) is 0 Å². The lowest BCUT2D eigenvalue weighted by Gasteiger charge is -2.10. The number of rotatable bonds is 3. The molecule has 0 radical (unpaired) electrons. The molecule has 2 nitrogen and oxygen atoms in total. The number of aryl methyl sites for hydroxylation is 1. The van der Waals surface area contributed by atoms with Crippen LogP contribution in [0.25, 0.3) is 11.4 Å². The van der Waals surface area contributed by atoms with Crippen LogP contribution in [0.4, 0.5) is 0 Å². The van der Waals surface area contributed by atoms with Gasteiger partial charge in [0.25, 0.3) is 0 Å². The molecule has 0 aliphatic heterocycles. The molecule has 84 valence electrons. The predicted octanol–water partition coefficient (Wildman–Crippen LogP) is 3.80. The van der Waals surface area contributed by atoms with Crippen molar-refractivity contribution in [2.45, 2.75) is 11.8 Å². The average Bonchev–Trinajstić information content (AvgIpc) is 2.65. The van der Waals surface area contributed by atoms with E-state index in [4.69, 9.17) is 0 Å². The molecule has 0 amide bonds. The number of hydrogen-bond donors (Lipinski definition) is 0. The summed E-state index contributed by atoms with van der Waals surface area (Å²) in [6, 6.07) is 6.40. The Labute approximate surface area is 114 Å². The van der Waals surface area contributed by atoms with Gasteiger partial charge in [0.15, 0.2) is 0 Å². The summed E-state index contributed by atoms with van der Waals surface area (Å²) in [4.78, 5) is 5.74. The molecule has 0 bridgehead atoms. The summed E-state index contributed by atoms with van der Waals surface area (Å²) in [5.41, 5.74) is 1.25. The number of benzene rings is 1. The zero-order valence-corrected chi connectivity index (χ0v) is 12.2. The lowest BCUT2D eigenvalue weighted by Crippen LogP contribution is -1.95. The van der Waals surface area contributed by atoms with Crippen LogP contribution < -0.4 is 0 Å². The third-order valence-corrected chi connectivity index (χ3v) is 4.16. The van der Waals surface area contributed by atoms with E-state index < -0.39 is 0 Å². The molecule has 0 saturated carbocycles. The number of halogens is 1. The zero-order valence-electron chi connectivity index (χ0n) is 9.27. The number of hydrogen-bond acceptors (Lipinski definition) is 2. The minimum Gasteiger partial charge on any atom is -0.334 e. The SMILES string of the molecule is CCSc1cccc(I)c1-c1nccn1C. The largest absolute Gasteiger partial charge is 0.334 e. The molecule has 0 unspecified atom stereocenters. The molecule has 1 aromatic carbocycles. The fourth-order valence-electron chi connectivity index (χ4n) is 1.60. The van der Waals surface area contributed by atoms with Gasteiger partial charge in [-0.1, -0.05) is 13.0 Å². The standard InChI is InChI=1S/C12H13IN2S/c1-3-16-10-6-4-5-9(13)11(10)12-14-7-8-15(12)2/h4-8H,3H2,1-2H3. The van der Waals surface area contributed by atoms with Crippen molar-refractivity contribution in [3.05, 3.63) is 34.2 Å². The third-order valence-electron chi connectivity index (χ3n) is 2.32. The summed E-state index contributed by atoms with van der Waals surface area (Å²) in [6.07, 6.45) is 3.83. The summed E-state index contributed by atoms with van der Waals surface area (Å²) in [5.74, 6) is 2.12. The maximum Gasteiger partial charge on any atom is 0.141 e. The van der Waals surface area contributed by atoms with Crippen LogP contribution in [0.5, 0.6) is 0 Å². The van der Waals surface area contributed by atoms with Crippen LogP contribution in [0, 0.1) is 3.57 Å². The van der Waals surface area contributed by atoms with Crippen LogP contribution in [-0.2, 0) is 7.05 Å². The molecule has 0 fully saturated rings. The molecule has 0 aliphatic rings. The van der Waals surface area contributed by atoms with Gasteiger partial charge in [-0.25, -0.2) is 4.98 Å². The van der Waals surface area contributed by atoms with E-state index in [1.165, 1.54) is 14.0 Å². The van der Waals surface area contributed by atoms with Crippen molar-refractivity contribution in [3.63, 3.8) is 0 Å². The maximum atomic E-state index is 4.43. The van der Waals surface area contributed by atoms with Gasteiger partial charge in [0.1, 0.15) is 5.82 Å². The number of aromatic nitrogens is 2. The highest BCUT2D eigenvalue weighted by Gasteiger charge is 2.12. The smallest absolute Gasteiger partial charge is 0.141 e. The summed E-state index contributed by atoms with van der Waals surface area (Å²) >= 11 is 4.24. The molecule has 0 atom stereocenters. The Hall–Kier alpha value is -0.490. The van der Waals surface area contributed by atoms with Crippen LogP contribution in [0.2, 0.25) is 0 Å². The van der Waals surface area contributed by atoms with E-state index in [1.54, 1.807) is 0 Å². The summed E-state index contributed by atoms with van der Waals surface area (Å²) in [5, 5.41) is 0. The first-order chi connectivity index (χ1) is 7.74. The summed E-state index contributed by atoms with van der Waals surface area (Å²) < 4.78 is 3.32. The van der Waals surface area contributed by atoms with E-state index in [2.05, 4.69) is 57.3 Å². The van der Waals surface area contributed by atoms with E-state index in [1.807, 2.05) is 31.2 Å². The van der Waals surface area contributed by atoms with Crippen molar-refractivity contribution in [2.75, 3.05) is 5.75 Å². The summed E-state index contributed by atoms with van der Waals surface area (Å²) in [6.45, 7) is 2.17. The van der Waals surface area contributed by atoms with E-state index in [9.17, 15) is 0 Å². The van der Waals surface area contributed by atoms with Gasteiger partial charge in [0, 0.05) is 33.5 Å². The molecule has 0 aliphatic carbocycles. The molecular weight excluding hydrogens is 331 g/mol. The molecule has 0 N–H and O–H groups in total. The number of nitrogens with zero attached hydrogens (tertiary/aromatic N) is 2. The first-order valence-corrected chi connectivity index (χ1v) is 7.19. The van der Waals surface area contributed by atoms with Crippen molar-refractivity contribution in [1.82, 2.24) is 9.55 Å². The first kappa shape index (κ1) is 12.0. The van der Waals surface area contributed by atoms with E-state index in [0.717, 1.165) is 11.6 Å². The molecular formula is C12H13IN2S. The fourth-order valence-corrected chi connectivity index (χ4v) is 3.36. The first-order valence-electron chi connectivity index (χ1n) is 5.13. The topological polar surface area (TPSA) is 17.8 Å². The molecule has 4 heteroatoms. The Morgan fingerprint density at radius 2 is 2.25 bits per heavy atom. The highest BCUT2D eigenvalue weighted by atomic mass is 127. The maximum absolute atomic E-state index is 4.43. The van der Waals surface area contributed by atoms with Crippen molar-refractivity contribution in [1.29, 1.82) is 0 Å². The monoisotopic (exact) mass is 344 g/mol. The molecule has 2 aromatic rings. The lowest BCUT2D eigenvalue weighted by atomic mass is 10.2. The second kappa shape index (κ2) is 5.23. The molecule has 0 saturated heterocycles. The molecule has 0 spiro atoms. The zero-order chi connectivity index (χ0) is 11.5. The van der Waals surface area contributed by atoms with Gasteiger partial charge in [0.05, 0.1) is 0 Å². The minimum atomic E-state index is 1.04. The Morgan fingerprint density at radius 1 is 1.44 bits per heavy atom. The van der Waals surface area contributed by atoms with Crippen molar-refractivity contribution in [3.8, 4) is 11.4 Å². The van der Waals surface area contributed by atoms with Gasteiger partial charge in [-0.05, 0) is 40.5 Å². The molecule has 2 rings (SSSR count). The molecule has 1 heterocycles.